The van der Waals surface area contributed by atoms with E-state index < -0.39 is 0 Å². The van der Waals surface area contributed by atoms with Crippen LogP contribution in [-0.4, -0.2) is 18.1 Å². The zero-order valence-electron chi connectivity index (χ0n) is 12.1. The van der Waals surface area contributed by atoms with Crippen LogP contribution in [0, 0.1) is 5.41 Å². The molecule has 1 fully saturated rings. The van der Waals surface area contributed by atoms with Gasteiger partial charge in [0.1, 0.15) is 0 Å². The minimum Gasteiger partial charge on any atom is -0.371 e. The summed E-state index contributed by atoms with van der Waals surface area (Å²) in [6.07, 6.45) is 4.26. The minimum absolute atomic E-state index is 0.442. The van der Waals surface area contributed by atoms with E-state index in [1.807, 2.05) is 6.20 Å². The predicted octanol–water partition coefficient (Wildman–Crippen LogP) is 4.03. The van der Waals surface area contributed by atoms with Gasteiger partial charge in [-0.05, 0) is 48.1 Å². The number of anilines is 1. The van der Waals surface area contributed by atoms with Gasteiger partial charge in [-0.25, -0.2) is 0 Å². The van der Waals surface area contributed by atoms with E-state index in [0.717, 1.165) is 18.5 Å². The van der Waals surface area contributed by atoms with Crippen LogP contribution in [0.3, 0.4) is 0 Å². The zero-order chi connectivity index (χ0) is 13.5. The number of hydrogen-bond donors (Lipinski definition) is 0. The third-order valence-corrected chi connectivity index (χ3v) is 4.24. The molecular weight excluding hydrogens is 232 g/mol. The number of pyridine rings is 1. The lowest BCUT2D eigenvalue weighted by molar-refractivity contribution is 0.418. The Labute approximate surface area is 115 Å². The van der Waals surface area contributed by atoms with Gasteiger partial charge in [-0.3, -0.25) is 4.98 Å². The molecule has 0 spiro atoms. The van der Waals surface area contributed by atoms with Crippen molar-refractivity contribution < 1.29 is 0 Å². The number of aromatic nitrogens is 1. The number of nitrogens with zero attached hydrogens (tertiary/aromatic N) is 2. The third kappa shape index (κ3) is 2.32. The maximum Gasteiger partial charge on any atom is 0.0706 e. The Balaban J connectivity index is 2.02. The number of hydrogen-bond acceptors (Lipinski definition) is 2. The average Bonchev–Trinajstić information content (AvgIpc) is 2.78. The van der Waals surface area contributed by atoms with Gasteiger partial charge in [0.2, 0.25) is 0 Å². The summed E-state index contributed by atoms with van der Waals surface area (Å²) in [6.45, 7) is 9.24. The molecule has 0 saturated carbocycles. The smallest absolute Gasteiger partial charge is 0.0706 e. The fraction of sp³-hybridized carbons (Fsp3) is 0.471. The van der Waals surface area contributed by atoms with E-state index in [2.05, 4.69) is 54.9 Å². The molecule has 0 N–H and O–H groups in total. The van der Waals surface area contributed by atoms with E-state index in [-0.39, 0.29) is 0 Å². The SMILES string of the molecule is CCc1ccnc2ccc(N3CCC(C)(C)C3)cc12. The first-order valence-corrected chi connectivity index (χ1v) is 7.22. The lowest BCUT2D eigenvalue weighted by atomic mass is 9.93. The second-order valence-electron chi connectivity index (χ2n) is 6.36. The molecule has 100 valence electrons. The largest absolute Gasteiger partial charge is 0.371 e. The molecule has 3 rings (SSSR count). The van der Waals surface area contributed by atoms with Crippen LogP contribution in [0.5, 0.6) is 0 Å². The van der Waals surface area contributed by atoms with Crippen LogP contribution in [0.15, 0.2) is 30.5 Å². The fourth-order valence-electron chi connectivity index (χ4n) is 3.03. The fourth-order valence-corrected chi connectivity index (χ4v) is 3.03. The molecule has 0 radical (unpaired) electrons. The molecule has 0 amide bonds. The van der Waals surface area contributed by atoms with Crippen LogP contribution in [0.4, 0.5) is 5.69 Å². The van der Waals surface area contributed by atoms with Crippen LogP contribution in [0.25, 0.3) is 10.9 Å². The van der Waals surface area contributed by atoms with Crippen molar-refractivity contribution in [2.75, 3.05) is 18.0 Å². The number of fused-ring (bicyclic) bond motifs is 1. The first-order chi connectivity index (χ1) is 9.09. The van der Waals surface area contributed by atoms with Crippen molar-refractivity contribution in [3.63, 3.8) is 0 Å². The van der Waals surface area contributed by atoms with Crippen molar-refractivity contribution in [2.45, 2.75) is 33.6 Å². The highest BCUT2D eigenvalue weighted by atomic mass is 15.2. The maximum absolute atomic E-state index is 4.47. The van der Waals surface area contributed by atoms with E-state index in [0.29, 0.717) is 5.41 Å². The summed E-state index contributed by atoms with van der Waals surface area (Å²) in [5.74, 6) is 0. The van der Waals surface area contributed by atoms with Gasteiger partial charge in [-0.1, -0.05) is 20.8 Å². The summed E-state index contributed by atoms with van der Waals surface area (Å²) in [5.41, 5.74) is 4.30. The molecule has 0 bridgehead atoms. The van der Waals surface area contributed by atoms with Crippen molar-refractivity contribution in [3.05, 3.63) is 36.0 Å². The van der Waals surface area contributed by atoms with Crippen molar-refractivity contribution in [1.29, 1.82) is 0 Å². The number of benzene rings is 1. The molecule has 1 aromatic carbocycles. The van der Waals surface area contributed by atoms with Gasteiger partial charge in [0.05, 0.1) is 5.52 Å². The second kappa shape index (κ2) is 4.52. The Morgan fingerprint density at radius 3 is 2.79 bits per heavy atom. The molecule has 1 aliphatic heterocycles. The topological polar surface area (TPSA) is 16.1 Å². The molecule has 2 nitrogen and oxygen atoms in total. The van der Waals surface area contributed by atoms with Crippen molar-refractivity contribution in [2.24, 2.45) is 5.41 Å². The van der Waals surface area contributed by atoms with Gasteiger partial charge in [0, 0.05) is 30.4 Å². The minimum atomic E-state index is 0.442. The molecule has 0 unspecified atom stereocenters. The van der Waals surface area contributed by atoms with Gasteiger partial charge in [0.15, 0.2) is 0 Å². The Hall–Kier alpha value is -1.57. The average molecular weight is 254 g/mol. The molecule has 1 aliphatic rings. The highest BCUT2D eigenvalue weighted by Gasteiger charge is 2.29. The second-order valence-corrected chi connectivity index (χ2v) is 6.36. The molecule has 1 aromatic heterocycles. The van der Waals surface area contributed by atoms with Crippen LogP contribution >= 0.6 is 0 Å². The van der Waals surface area contributed by atoms with E-state index in [9.17, 15) is 0 Å². The Kier molecular flexibility index (Phi) is 2.96. The summed E-state index contributed by atoms with van der Waals surface area (Å²) in [7, 11) is 0. The molecule has 19 heavy (non-hydrogen) atoms. The van der Waals surface area contributed by atoms with Gasteiger partial charge in [-0.15, -0.1) is 0 Å². The van der Waals surface area contributed by atoms with E-state index in [1.165, 1.54) is 29.6 Å². The molecular formula is C17H22N2. The van der Waals surface area contributed by atoms with E-state index >= 15 is 0 Å². The highest BCUT2D eigenvalue weighted by molar-refractivity contribution is 5.85. The molecule has 2 aromatic rings. The van der Waals surface area contributed by atoms with Gasteiger partial charge in [-0.2, -0.15) is 0 Å². The Bertz CT molecular complexity index is 601. The molecule has 1 saturated heterocycles. The van der Waals surface area contributed by atoms with Gasteiger partial charge >= 0.3 is 0 Å². The lowest BCUT2D eigenvalue weighted by Gasteiger charge is -2.22. The van der Waals surface area contributed by atoms with E-state index in [1.54, 1.807) is 0 Å². The summed E-state index contributed by atoms with van der Waals surface area (Å²) < 4.78 is 0. The molecule has 0 atom stereocenters. The normalized spacial score (nSPS) is 18.2. The first-order valence-electron chi connectivity index (χ1n) is 7.22. The van der Waals surface area contributed by atoms with Crippen molar-refractivity contribution in [1.82, 2.24) is 4.98 Å². The first kappa shape index (κ1) is 12.5. The van der Waals surface area contributed by atoms with Crippen LogP contribution in [0.2, 0.25) is 0 Å². The van der Waals surface area contributed by atoms with Crippen LogP contribution < -0.4 is 4.90 Å². The summed E-state index contributed by atoms with van der Waals surface area (Å²) in [4.78, 5) is 6.97. The summed E-state index contributed by atoms with van der Waals surface area (Å²) >= 11 is 0. The Morgan fingerprint density at radius 2 is 2.11 bits per heavy atom. The molecule has 2 heteroatoms. The lowest BCUT2D eigenvalue weighted by Crippen LogP contribution is -2.22. The molecule has 2 heterocycles. The highest BCUT2D eigenvalue weighted by Crippen LogP contribution is 2.33. The third-order valence-electron chi connectivity index (χ3n) is 4.24. The molecule has 0 aliphatic carbocycles. The summed E-state index contributed by atoms with van der Waals surface area (Å²) in [5, 5.41) is 1.31. The monoisotopic (exact) mass is 254 g/mol. The number of rotatable bonds is 2. The van der Waals surface area contributed by atoms with Crippen molar-refractivity contribution >= 4 is 16.6 Å². The van der Waals surface area contributed by atoms with Gasteiger partial charge < -0.3 is 4.90 Å². The zero-order valence-corrected chi connectivity index (χ0v) is 12.1. The quantitative estimate of drug-likeness (QED) is 0.804. The van der Waals surface area contributed by atoms with Crippen molar-refractivity contribution in [3.8, 4) is 0 Å². The predicted molar refractivity (Wildman–Crippen MR) is 81.7 cm³/mol. The van der Waals surface area contributed by atoms with Crippen LogP contribution in [-0.2, 0) is 6.42 Å². The van der Waals surface area contributed by atoms with Gasteiger partial charge in [0.25, 0.3) is 0 Å². The van der Waals surface area contributed by atoms with E-state index in [4.69, 9.17) is 0 Å². The maximum atomic E-state index is 4.47. The summed E-state index contributed by atoms with van der Waals surface area (Å²) in [6, 6.07) is 8.84. The van der Waals surface area contributed by atoms with Crippen LogP contribution in [0.1, 0.15) is 32.8 Å². The standard InChI is InChI=1S/C17H22N2/c1-4-13-7-9-18-16-6-5-14(11-15(13)16)19-10-8-17(2,3)12-19/h5-7,9,11H,4,8,10,12H2,1-3H3. The number of aryl methyl sites for hydroxylation is 1. The Morgan fingerprint density at radius 1 is 1.26 bits per heavy atom.